The number of hydrazine groups is 1. The fourth-order valence-corrected chi connectivity index (χ4v) is 2.61. The summed E-state index contributed by atoms with van der Waals surface area (Å²) in [4.78, 5) is 24.0. The summed E-state index contributed by atoms with van der Waals surface area (Å²) in [5.41, 5.74) is 5.09. The molecule has 0 bridgehead atoms. The fourth-order valence-electron chi connectivity index (χ4n) is 2.00. The second-order valence-corrected chi connectivity index (χ2v) is 6.53. The first-order valence-corrected chi connectivity index (χ1v) is 9.26. The van der Waals surface area contributed by atoms with Crippen LogP contribution in [0.1, 0.15) is 17.3 Å². The second-order valence-electron chi connectivity index (χ2n) is 5.28. The Hall–Kier alpha value is -2.55. The molecule has 0 aliphatic carbocycles. The number of nitrogens with one attached hydrogen (secondary N) is 3. The molecule has 28 heavy (non-hydrogen) atoms. The molecular weight excluding hydrogens is 425 g/mol. The van der Waals surface area contributed by atoms with Crippen LogP contribution >= 0.6 is 35.4 Å². The lowest BCUT2D eigenvalue weighted by molar-refractivity contribution is -0.123. The summed E-state index contributed by atoms with van der Waals surface area (Å²) in [6.07, 6.45) is 0. The van der Waals surface area contributed by atoms with Gasteiger partial charge in [0.25, 0.3) is 11.8 Å². The third-order valence-corrected chi connectivity index (χ3v) is 3.94. The lowest BCUT2D eigenvalue weighted by atomic mass is 10.2. The molecule has 3 N–H and O–H groups in total. The summed E-state index contributed by atoms with van der Waals surface area (Å²) in [6, 6.07) is 11.3. The quantitative estimate of drug-likeness (QED) is 0.471. The third kappa shape index (κ3) is 6.88. The Morgan fingerprint density at radius 2 is 1.86 bits per heavy atom. The van der Waals surface area contributed by atoms with Crippen LogP contribution in [0.4, 0.5) is 0 Å². The zero-order valence-electron chi connectivity index (χ0n) is 14.8. The largest absolute Gasteiger partial charge is 0.494 e. The Kier molecular flexibility index (Phi) is 8.31. The first kappa shape index (κ1) is 21.7. The van der Waals surface area contributed by atoms with Crippen molar-refractivity contribution in [1.29, 1.82) is 0 Å². The number of halogens is 2. The summed E-state index contributed by atoms with van der Waals surface area (Å²) < 4.78 is 10.6. The molecule has 0 fully saturated rings. The van der Waals surface area contributed by atoms with E-state index in [1.807, 2.05) is 6.92 Å². The van der Waals surface area contributed by atoms with Crippen molar-refractivity contribution in [1.82, 2.24) is 16.2 Å². The molecule has 0 atom stereocenters. The molecule has 2 aromatic carbocycles. The molecule has 0 aliphatic heterocycles. The van der Waals surface area contributed by atoms with Crippen LogP contribution < -0.4 is 25.6 Å². The van der Waals surface area contributed by atoms with E-state index in [-0.39, 0.29) is 16.7 Å². The van der Waals surface area contributed by atoms with Crippen molar-refractivity contribution in [3.63, 3.8) is 0 Å². The smallest absolute Gasteiger partial charge is 0.276 e. The average molecular weight is 442 g/mol. The van der Waals surface area contributed by atoms with Gasteiger partial charge in [-0.1, -0.05) is 29.3 Å². The van der Waals surface area contributed by atoms with Gasteiger partial charge in [-0.2, -0.15) is 0 Å². The van der Waals surface area contributed by atoms with E-state index in [1.54, 1.807) is 36.4 Å². The molecule has 0 heterocycles. The Labute approximate surface area is 177 Å². The SMILES string of the molecule is CCOc1cccc(C(=O)NC(=S)NNC(=O)COc2ccc(Cl)cc2Cl)c1. The van der Waals surface area contributed by atoms with E-state index in [1.165, 1.54) is 6.07 Å². The van der Waals surface area contributed by atoms with Crippen LogP contribution in [0.2, 0.25) is 10.0 Å². The van der Waals surface area contributed by atoms with Crippen LogP contribution in [-0.2, 0) is 4.79 Å². The van der Waals surface area contributed by atoms with Crippen LogP contribution in [0.3, 0.4) is 0 Å². The normalized spacial score (nSPS) is 9.96. The minimum atomic E-state index is -0.527. The van der Waals surface area contributed by atoms with Gasteiger partial charge in [-0.15, -0.1) is 0 Å². The van der Waals surface area contributed by atoms with E-state index < -0.39 is 11.8 Å². The van der Waals surface area contributed by atoms with Gasteiger partial charge in [-0.05, 0) is 55.5 Å². The maximum Gasteiger partial charge on any atom is 0.276 e. The number of amides is 2. The van der Waals surface area contributed by atoms with Crippen LogP contribution in [0.15, 0.2) is 42.5 Å². The summed E-state index contributed by atoms with van der Waals surface area (Å²) >= 11 is 16.7. The zero-order valence-corrected chi connectivity index (χ0v) is 17.1. The summed E-state index contributed by atoms with van der Waals surface area (Å²) in [5.74, 6) is -0.0925. The van der Waals surface area contributed by atoms with E-state index in [9.17, 15) is 9.59 Å². The molecule has 0 aliphatic rings. The van der Waals surface area contributed by atoms with Gasteiger partial charge in [0.1, 0.15) is 11.5 Å². The van der Waals surface area contributed by atoms with Crippen LogP contribution in [0.5, 0.6) is 11.5 Å². The highest BCUT2D eigenvalue weighted by Crippen LogP contribution is 2.27. The number of hydrogen-bond acceptors (Lipinski definition) is 5. The van der Waals surface area contributed by atoms with Crippen molar-refractivity contribution in [3.8, 4) is 11.5 Å². The maximum absolute atomic E-state index is 12.2. The van der Waals surface area contributed by atoms with E-state index in [0.29, 0.717) is 28.7 Å². The van der Waals surface area contributed by atoms with Gasteiger partial charge in [-0.25, -0.2) is 0 Å². The van der Waals surface area contributed by atoms with Gasteiger partial charge in [-0.3, -0.25) is 25.8 Å². The molecule has 0 aromatic heterocycles. The predicted molar refractivity (Wildman–Crippen MR) is 111 cm³/mol. The Morgan fingerprint density at radius 3 is 2.57 bits per heavy atom. The molecule has 2 rings (SSSR count). The predicted octanol–water partition coefficient (Wildman–Crippen LogP) is 3.11. The highest BCUT2D eigenvalue weighted by molar-refractivity contribution is 7.80. The van der Waals surface area contributed by atoms with Crippen LogP contribution in [0, 0.1) is 0 Å². The molecule has 2 aromatic rings. The van der Waals surface area contributed by atoms with E-state index >= 15 is 0 Å². The molecule has 148 valence electrons. The molecule has 7 nitrogen and oxygen atoms in total. The minimum absolute atomic E-state index is 0.0790. The van der Waals surface area contributed by atoms with Gasteiger partial charge in [0, 0.05) is 10.6 Å². The van der Waals surface area contributed by atoms with E-state index in [4.69, 9.17) is 44.9 Å². The van der Waals surface area contributed by atoms with Crippen molar-refractivity contribution < 1.29 is 19.1 Å². The molecule has 10 heteroatoms. The van der Waals surface area contributed by atoms with Crippen LogP contribution in [0.25, 0.3) is 0 Å². The molecule has 2 amide bonds. The van der Waals surface area contributed by atoms with Gasteiger partial charge in [0.05, 0.1) is 11.6 Å². The standard InChI is InChI=1S/C18H17Cl2N3O4S/c1-2-26-13-5-3-4-11(8-13)17(25)21-18(28)23-22-16(24)10-27-15-7-6-12(19)9-14(15)20/h3-9H,2,10H2,1H3,(H,22,24)(H2,21,23,25,28). The van der Waals surface area contributed by atoms with Gasteiger partial charge in [0.15, 0.2) is 11.7 Å². The summed E-state index contributed by atoms with van der Waals surface area (Å²) in [6.45, 7) is 2.01. The molecule has 0 spiro atoms. The van der Waals surface area contributed by atoms with Crippen molar-refractivity contribution >= 4 is 52.3 Å². The number of thiocarbonyl (C=S) groups is 1. The molecule has 0 saturated heterocycles. The number of carbonyl (C=O) groups is 2. The first-order chi connectivity index (χ1) is 13.4. The van der Waals surface area contributed by atoms with Gasteiger partial charge >= 0.3 is 0 Å². The fraction of sp³-hybridized carbons (Fsp3) is 0.167. The number of hydrogen-bond donors (Lipinski definition) is 3. The lowest BCUT2D eigenvalue weighted by Gasteiger charge is -2.12. The van der Waals surface area contributed by atoms with E-state index in [0.717, 1.165) is 0 Å². The van der Waals surface area contributed by atoms with E-state index in [2.05, 4.69) is 16.2 Å². The van der Waals surface area contributed by atoms with Crippen molar-refractivity contribution in [2.45, 2.75) is 6.92 Å². The third-order valence-electron chi connectivity index (χ3n) is 3.20. The van der Waals surface area contributed by atoms with Crippen LogP contribution in [-0.4, -0.2) is 30.1 Å². The van der Waals surface area contributed by atoms with Crippen molar-refractivity contribution in [2.24, 2.45) is 0 Å². The topological polar surface area (TPSA) is 88.7 Å². The summed E-state index contributed by atoms with van der Waals surface area (Å²) in [7, 11) is 0. The molecular formula is C18H17Cl2N3O4S. The Balaban J connectivity index is 1.77. The van der Waals surface area contributed by atoms with Gasteiger partial charge in [0.2, 0.25) is 0 Å². The number of carbonyl (C=O) groups excluding carboxylic acids is 2. The highest BCUT2D eigenvalue weighted by atomic mass is 35.5. The molecule has 0 radical (unpaired) electrons. The summed E-state index contributed by atoms with van der Waals surface area (Å²) in [5, 5.41) is 3.10. The zero-order chi connectivity index (χ0) is 20.5. The maximum atomic E-state index is 12.2. The first-order valence-electron chi connectivity index (χ1n) is 8.10. The molecule has 0 saturated carbocycles. The second kappa shape index (κ2) is 10.7. The molecule has 0 unspecified atom stereocenters. The van der Waals surface area contributed by atoms with Crippen molar-refractivity contribution in [3.05, 3.63) is 58.1 Å². The number of benzene rings is 2. The Bertz CT molecular complexity index is 880. The minimum Gasteiger partial charge on any atom is -0.494 e. The van der Waals surface area contributed by atoms with Crippen molar-refractivity contribution in [2.75, 3.05) is 13.2 Å². The van der Waals surface area contributed by atoms with Gasteiger partial charge < -0.3 is 9.47 Å². The number of rotatable bonds is 6. The lowest BCUT2D eigenvalue weighted by Crippen LogP contribution is -2.49. The average Bonchev–Trinajstić information content (AvgIpc) is 2.66. The number of ether oxygens (including phenoxy) is 2. The Morgan fingerprint density at radius 1 is 1.07 bits per heavy atom. The highest BCUT2D eigenvalue weighted by Gasteiger charge is 2.10. The monoisotopic (exact) mass is 441 g/mol.